The largest absolute Gasteiger partial charge is 0.477 e. The van der Waals surface area contributed by atoms with Crippen molar-refractivity contribution in [2.45, 2.75) is 13.2 Å². The number of esters is 1. The van der Waals surface area contributed by atoms with Gasteiger partial charge in [-0.3, -0.25) is 4.79 Å². The van der Waals surface area contributed by atoms with E-state index < -0.39 is 24.8 Å². The molecule has 2 rings (SSSR count). The maximum Gasteiger partial charge on any atom is 0.373 e. The number of thioether (sulfide) groups is 1. The molecule has 0 spiro atoms. The van der Waals surface area contributed by atoms with Gasteiger partial charge in [0.2, 0.25) is 0 Å². The molecule has 0 radical (unpaired) electrons. The molecule has 0 bridgehead atoms. The molecule has 2 N–H and O–H groups in total. The summed E-state index contributed by atoms with van der Waals surface area (Å²) in [5, 5.41) is 11.7. The van der Waals surface area contributed by atoms with Gasteiger partial charge in [-0.1, -0.05) is 48.3 Å². The van der Waals surface area contributed by atoms with E-state index in [0.29, 0.717) is 9.23 Å². The third kappa shape index (κ3) is 6.19. The van der Waals surface area contributed by atoms with E-state index in [0.717, 1.165) is 18.2 Å². The van der Waals surface area contributed by atoms with Gasteiger partial charge in [0.05, 0.1) is 12.0 Å². The topological polar surface area (TPSA) is 111 Å². The summed E-state index contributed by atoms with van der Waals surface area (Å²) in [5.41, 5.74) is 1.57. The van der Waals surface area contributed by atoms with Crippen LogP contribution in [0, 0.1) is 0 Å². The van der Waals surface area contributed by atoms with Gasteiger partial charge in [0.1, 0.15) is 16.7 Å². The molecule has 8 nitrogen and oxygen atoms in total. The summed E-state index contributed by atoms with van der Waals surface area (Å²) in [7, 11) is 1.16. The van der Waals surface area contributed by atoms with Gasteiger partial charge in [-0.15, -0.1) is 0 Å². The monoisotopic (exact) mass is 423 g/mol. The first-order valence-electron chi connectivity index (χ1n) is 7.90. The predicted molar refractivity (Wildman–Crippen MR) is 107 cm³/mol. The molecule has 0 saturated carbocycles. The van der Waals surface area contributed by atoms with Gasteiger partial charge in [-0.05, 0) is 30.2 Å². The maximum absolute atomic E-state index is 11.7. The van der Waals surface area contributed by atoms with E-state index >= 15 is 0 Å². The minimum absolute atomic E-state index is 0.215. The minimum atomic E-state index is -1.64. The molecule has 0 aromatic heterocycles. The lowest BCUT2D eigenvalue weighted by Crippen LogP contribution is -2.32. The summed E-state index contributed by atoms with van der Waals surface area (Å²) in [6.45, 7) is 1.26. The predicted octanol–water partition coefficient (Wildman–Crippen LogP) is 2.10. The number of carboxylic acid groups (broad SMARTS) is 1. The zero-order valence-corrected chi connectivity index (χ0v) is 16.6. The second-order valence-corrected chi connectivity index (χ2v) is 7.12. The molecule has 1 aromatic rings. The Morgan fingerprint density at radius 3 is 2.54 bits per heavy atom. The van der Waals surface area contributed by atoms with Gasteiger partial charge in [0.25, 0.3) is 12.2 Å². The number of allylic oxidation sites excluding steroid dienone is 2. The van der Waals surface area contributed by atoms with Crippen molar-refractivity contribution >= 4 is 52.2 Å². The van der Waals surface area contributed by atoms with Gasteiger partial charge in [-0.2, -0.15) is 0 Å². The Bertz CT molecular complexity index is 846. The van der Waals surface area contributed by atoms with Crippen LogP contribution in [0.15, 0.2) is 40.8 Å². The van der Waals surface area contributed by atoms with Gasteiger partial charge in [-0.25, -0.2) is 9.59 Å². The molecule has 1 unspecified atom stereocenters. The Kier molecular flexibility index (Phi) is 7.73. The van der Waals surface area contributed by atoms with E-state index in [9.17, 15) is 14.4 Å². The maximum atomic E-state index is 11.7. The van der Waals surface area contributed by atoms with Gasteiger partial charge < -0.3 is 24.6 Å². The SMILES string of the molecule is COC(=O)COC(Oc1ccc(C=CC(C)=C2SC(=S)NC2=O)cc1)C(=O)O. The molecule has 1 heterocycles. The molecular formula is C18H17NO7S2. The highest BCUT2D eigenvalue weighted by Crippen LogP contribution is 2.27. The van der Waals surface area contributed by atoms with Crippen molar-refractivity contribution in [2.24, 2.45) is 0 Å². The number of rotatable bonds is 8. The lowest BCUT2D eigenvalue weighted by molar-refractivity contribution is -0.177. The van der Waals surface area contributed by atoms with E-state index in [-0.39, 0.29) is 11.7 Å². The second kappa shape index (κ2) is 10.0. The van der Waals surface area contributed by atoms with Crippen LogP contribution in [-0.2, 0) is 23.9 Å². The van der Waals surface area contributed by atoms with Crippen LogP contribution >= 0.6 is 24.0 Å². The van der Waals surface area contributed by atoms with Crippen LogP contribution < -0.4 is 10.1 Å². The fourth-order valence-electron chi connectivity index (χ4n) is 2.01. The number of methoxy groups -OCH3 is 1. The highest BCUT2D eigenvalue weighted by molar-refractivity contribution is 8.26. The number of amides is 1. The van der Waals surface area contributed by atoms with E-state index in [4.69, 9.17) is 26.8 Å². The van der Waals surface area contributed by atoms with Crippen molar-refractivity contribution in [3.63, 3.8) is 0 Å². The molecule has 28 heavy (non-hydrogen) atoms. The van der Waals surface area contributed by atoms with Crippen molar-refractivity contribution < 1.29 is 33.7 Å². The molecule has 1 saturated heterocycles. The number of hydrogen-bond donors (Lipinski definition) is 2. The van der Waals surface area contributed by atoms with Crippen LogP contribution in [0.1, 0.15) is 12.5 Å². The van der Waals surface area contributed by atoms with Crippen LogP contribution in [0.25, 0.3) is 6.08 Å². The van der Waals surface area contributed by atoms with Gasteiger partial charge in [0, 0.05) is 0 Å². The van der Waals surface area contributed by atoms with Crippen LogP contribution in [0.5, 0.6) is 5.75 Å². The standard InChI is InChI=1S/C18H17NO7S2/c1-10(14-15(21)19-18(27)28-14)3-4-11-5-7-12(8-6-11)26-17(16(22)23)25-9-13(20)24-2/h3-8,17H,9H2,1-2H3,(H,22,23)(H,19,21,27). The molecule has 1 aliphatic heterocycles. The first-order chi connectivity index (χ1) is 13.3. The van der Waals surface area contributed by atoms with Crippen molar-refractivity contribution in [3.05, 3.63) is 46.4 Å². The normalized spacial score (nSPS) is 16.6. The Morgan fingerprint density at radius 2 is 2.00 bits per heavy atom. The smallest absolute Gasteiger partial charge is 0.373 e. The number of carbonyl (C=O) groups is 3. The summed E-state index contributed by atoms with van der Waals surface area (Å²) in [5.74, 6) is -2.05. The molecule has 1 aromatic carbocycles. The number of aliphatic carboxylic acids is 1. The number of nitrogens with one attached hydrogen (secondary N) is 1. The number of thiocarbonyl (C=S) groups is 1. The summed E-state index contributed by atoms with van der Waals surface area (Å²) in [4.78, 5) is 34.5. The van der Waals surface area contributed by atoms with Gasteiger partial charge >= 0.3 is 11.9 Å². The highest BCUT2D eigenvalue weighted by atomic mass is 32.2. The average Bonchev–Trinajstić information content (AvgIpc) is 3.01. The fraction of sp³-hybridized carbons (Fsp3) is 0.222. The number of ether oxygens (including phenoxy) is 3. The van der Waals surface area contributed by atoms with Crippen LogP contribution in [-0.4, -0.2) is 47.3 Å². The number of carboxylic acids is 1. The van der Waals surface area contributed by atoms with Crippen molar-refractivity contribution in [3.8, 4) is 5.75 Å². The molecule has 0 aliphatic carbocycles. The molecule has 1 amide bonds. The summed E-state index contributed by atoms with van der Waals surface area (Å²) in [6.07, 6.45) is 1.93. The van der Waals surface area contributed by atoms with E-state index in [1.54, 1.807) is 43.3 Å². The van der Waals surface area contributed by atoms with Crippen LogP contribution in [0.3, 0.4) is 0 Å². The molecule has 1 fully saturated rings. The first-order valence-corrected chi connectivity index (χ1v) is 9.12. The van der Waals surface area contributed by atoms with Crippen molar-refractivity contribution in [1.29, 1.82) is 0 Å². The zero-order chi connectivity index (χ0) is 20.7. The lowest BCUT2D eigenvalue weighted by Gasteiger charge is -2.15. The summed E-state index contributed by atoms with van der Waals surface area (Å²) >= 11 is 6.17. The molecule has 1 aliphatic rings. The highest BCUT2D eigenvalue weighted by Gasteiger charge is 2.23. The first kappa shape index (κ1) is 21.6. The number of hydrogen-bond acceptors (Lipinski definition) is 8. The number of carbonyl (C=O) groups excluding carboxylic acids is 2. The zero-order valence-electron chi connectivity index (χ0n) is 15.0. The fourth-order valence-corrected chi connectivity index (χ4v) is 3.05. The molecular weight excluding hydrogens is 406 g/mol. The van der Waals surface area contributed by atoms with E-state index in [1.165, 1.54) is 11.8 Å². The van der Waals surface area contributed by atoms with E-state index in [1.807, 2.05) is 0 Å². The second-order valence-electron chi connectivity index (χ2n) is 5.43. The average molecular weight is 423 g/mol. The minimum Gasteiger partial charge on any atom is -0.477 e. The van der Waals surface area contributed by atoms with Crippen molar-refractivity contribution in [2.75, 3.05) is 13.7 Å². The van der Waals surface area contributed by atoms with E-state index in [2.05, 4.69) is 10.1 Å². The Morgan fingerprint density at radius 1 is 1.32 bits per heavy atom. The van der Waals surface area contributed by atoms with Crippen LogP contribution in [0.2, 0.25) is 0 Å². The van der Waals surface area contributed by atoms with Crippen LogP contribution in [0.4, 0.5) is 0 Å². The van der Waals surface area contributed by atoms with Crippen molar-refractivity contribution in [1.82, 2.24) is 5.32 Å². The molecule has 10 heteroatoms. The van der Waals surface area contributed by atoms with Gasteiger partial charge in [0.15, 0.2) is 0 Å². The quantitative estimate of drug-likeness (QED) is 0.281. The molecule has 1 atom stereocenters. The Hall–Kier alpha value is -2.69. The lowest BCUT2D eigenvalue weighted by atomic mass is 10.1. The summed E-state index contributed by atoms with van der Waals surface area (Å²) in [6, 6.07) is 6.53. The third-order valence-corrected chi connectivity index (χ3v) is 4.76. The molecule has 148 valence electrons. The summed E-state index contributed by atoms with van der Waals surface area (Å²) < 4.78 is 14.9. The Balaban J connectivity index is 2.01. The third-order valence-electron chi connectivity index (χ3n) is 3.41. The Labute approximate surface area is 170 Å². The number of benzene rings is 1.